The number of nitrogens with one attached hydrogen (secondary N) is 1. The van der Waals surface area contributed by atoms with E-state index in [4.69, 9.17) is 0 Å². The molecule has 1 atom stereocenters. The number of benzene rings is 1. The maximum Gasteiger partial charge on any atom is 0.228 e. The fourth-order valence-corrected chi connectivity index (χ4v) is 4.66. The Balaban J connectivity index is 2.30. The van der Waals surface area contributed by atoms with Crippen molar-refractivity contribution in [2.45, 2.75) is 46.0 Å². The molecule has 1 aliphatic rings. The highest BCUT2D eigenvalue weighted by molar-refractivity contribution is 7.91. The van der Waals surface area contributed by atoms with Gasteiger partial charge in [0, 0.05) is 5.69 Å². The van der Waals surface area contributed by atoms with Crippen LogP contribution in [-0.2, 0) is 14.6 Å². The third-order valence-corrected chi connectivity index (χ3v) is 5.99. The van der Waals surface area contributed by atoms with Crippen LogP contribution in [0.2, 0.25) is 0 Å². The number of amides is 1. The van der Waals surface area contributed by atoms with E-state index < -0.39 is 15.8 Å². The minimum Gasteiger partial charge on any atom is -0.325 e. The molecule has 0 spiro atoms. The van der Waals surface area contributed by atoms with Crippen LogP contribution in [0.1, 0.15) is 57.1 Å². The van der Waals surface area contributed by atoms with Gasteiger partial charge in [-0.05, 0) is 29.4 Å². The van der Waals surface area contributed by atoms with Gasteiger partial charge in [0.2, 0.25) is 5.91 Å². The molecule has 1 unspecified atom stereocenters. The molecule has 5 heteroatoms. The van der Waals surface area contributed by atoms with E-state index >= 15 is 0 Å². The van der Waals surface area contributed by atoms with E-state index in [1.54, 1.807) is 0 Å². The minimum atomic E-state index is -3.05. The number of hydrogen-bond acceptors (Lipinski definition) is 3. The summed E-state index contributed by atoms with van der Waals surface area (Å²) < 4.78 is 23.1. The predicted octanol–water partition coefficient (Wildman–Crippen LogP) is 3.31. The molecule has 1 aromatic carbocycles. The molecule has 1 heterocycles. The van der Waals surface area contributed by atoms with Crippen molar-refractivity contribution in [2.24, 2.45) is 5.92 Å². The minimum absolute atomic E-state index is 0.0281. The number of anilines is 1. The van der Waals surface area contributed by atoms with E-state index in [-0.39, 0.29) is 17.4 Å². The van der Waals surface area contributed by atoms with E-state index in [0.717, 1.165) is 16.8 Å². The lowest BCUT2D eigenvalue weighted by atomic mass is 9.92. The highest BCUT2D eigenvalue weighted by Gasteiger charge is 2.33. The van der Waals surface area contributed by atoms with Gasteiger partial charge in [-0.25, -0.2) is 8.42 Å². The predicted molar refractivity (Wildman–Crippen MR) is 90.0 cm³/mol. The first-order chi connectivity index (χ1) is 10.2. The Morgan fingerprint density at radius 2 is 1.68 bits per heavy atom. The smallest absolute Gasteiger partial charge is 0.228 e. The molecule has 0 bridgehead atoms. The van der Waals surface area contributed by atoms with Crippen LogP contribution < -0.4 is 5.32 Å². The lowest BCUT2D eigenvalue weighted by molar-refractivity contribution is -0.119. The van der Waals surface area contributed by atoms with Crippen LogP contribution >= 0.6 is 0 Å². The fraction of sp³-hybridized carbons (Fsp3) is 0.588. The summed E-state index contributed by atoms with van der Waals surface area (Å²) in [5, 5.41) is 3.02. The van der Waals surface area contributed by atoms with Crippen LogP contribution in [0.3, 0.4) is 0 Å². The van der Waals surface area contributed by atoms with E-state index in [9.17, 15) is 13.2 Å². The zero-order valence-corrected chi connectivity index (χ0v) is 14.5. The summed E-state index contributed by atoms with van der Waals surface area (Å²) in [5.74, 6) is 0.0807. The summed E-state index contributed by atoms with van der Waals surface area (Å²) >= 11 is 0. The van der Waals surface area contributed by atoms with Crippen molar-refractivity contribution >= 4 is 21.4 Å². The van der Waals surface area contributed by atoms with Crippen LogP contribution in [0, 0.1) is 5.92 Å². The first kappa shape index (κ1) is 17.0. The molecular weight excluding hydrogens is 298 g/mol. The van der Waals surface area contributed by atoms with Crippen molar-refractivity contribution in [3.8, 4) is 0 Å². The number of para-hydroxylation sites is 1. The third-order valence-electron chi connectivity index (χ3n) is 4.22. The van der Waals surface area contributed by atoms with Crippen molar-refractivity contribution in [3.05, 3.63) is 29.3 Å². The Bertz CT molecular complexity index is 636. The van der Waals surface area contributed by atoms with Gasteiger partial charge in [-0.1, -0.05) is 45.9 Å². The zero-order valence-electron chi connectivity index (χ0n) is 13.7. The second-order valence-electron chi connectivity index (χ2n) is 6.71. The molecule has 1 N–H and O–H groups in total. The molecule has 0 saturated carbocycles. The van der Waals surface area contributed by atoms with E-state index in [0.29, 0.717) is 18.3 Å². The van der Waals surface area contributed by atoms with E-state index in [1.165, 1.54) is 0 Å². The molecule has 1 aromatic rings. The topological polar surface area (TPSA) is 63.2 Å². The van der Waals surface area contributed by atoms with Gasteiger partial charge in [-0.2, -0.15) is 0 Å². The van der Waals surface area contributed by atoms with Gasteiger partial charge in [0.15, 0.2) is 9.84 Å². The summed E-state index contributed by atoms with van der Waals surface area (Å²) in [6, 6.07) is 6.06. The van der Waals surface area contributed by atoms with Crippen LogP contribution in [0.15, 0.2) is 18.2 Å². The normalized spacial score (nSPS) is 20.5. The molecule has 1 aliphatic heterocycles. The average Bonchev–Trinajstić information content (AvgIpc) is 2.78. The van der Waals surface area contributed by atoms with Crippen LogP contribution in [0.5, 0.6) is 0 Å². The Kier molecular flexibility index (Phi) is 4.95. The van der Waals surface area contributed by atoms with Gasteiger partial charge in [-0.3, -0.25) is 4.79 Å². The van der Waals surface area contributed by atoms with Crippen molar-refractivity contribution in [1.29, 1.82) is 0 Å². The Morgan fingerprint density at radius 3 is 2.09 bits per heavy atom. The van der Waals surface area contributed by atoms with Gasteiger partial charge < -0.3 is 5.32 Å². The van der Waals surface area contributed by atoms with E-state index in [2.05, 4.69) is 33.0 Å². The zero-order chi connectivity index (χ0) is 16.5. The SMILES string of the molecule is CC(C)c1cccc(C(C)C)c1NC(=O)C1CCS(=O)(=O)C1. The largest absolute Gasteiger partial charge is 0.325 e. The van der Waals surface area contributed by atoms with Crippen LogP contribution in [-0.4, -0.2) is 25.8 Å². The summed E-state index contributed by atoms with van der Waals surface area (Å²) in [6.07, 6.45) is 0.426. The molecule has 2 rings (SSSR count). The van der Waals surface area contributed by atoms with Gasteiger partial charge in [0.1, 0.15) is 0 Å². The standard InChI is InChI=1S/C17H25NO3S/c1-11(2)14-6-5-7-15(12(3)4)16(14)18-17(19)13-8-9-22(20,21)10-13/h5-7,11-13H,8-10H2,1-4H3,(H,18,19). The maximum absolute atomic E-state index is 12.5. The highest BCUT2D eigenvalue weighted by atomic mass is 32.2. The first-order valence-electron chi connectivity index (χ1n) is 7.85. The lowest BCUT2D eigenvalue weighted by Gasteiger charge is -2.21. The highest BCUT2D eigenvalue weighted by Crippen LogP contribution is 2.33. The molecule has 4 nitrogen and oxygen atoms in total. The van der Waals surface area contributed by atoms with Crippen molar-refractivity contribution in [2.75, 3.05) is 16.8 Å². The molecular formula is C17H25NO3S. The number of sulfone groups is 1. The Labute approximate surface area is 133 Å². The molecule has 0 aromatic heterocycles. The summed E-state index contributed by atoms with van der Waals surface area (Å²) in [6.45, 7) is 8.37. The fourth-order valence-electron chi connectivity index (χ4n) is 2.92. The monoisotopic (exact) mass is 323 g/mol. The maximum atomic E-state index is 12.5. The van der Waals surface area contributed by atoms with Gasteiger partial charge in [-0.15, -0.1) is 0 Å². The number of carbonyl (C=O) groups excluding carboxylic acids is 1. The molecule has 1 saturated heterocycles. The summed E-state index contributed by atoms with van der Waals surface area (Å²) in [7, 11) is -3.05. The summed E-state index contributed by atoms with van der Waals surface area (Å²) in [5.41, 5.74) is 3.06. The van der Waals surface area contributed by atoms with Gasteiger partial charge in [0.25, 0.3) is 0 Å². The third kappa shape index (κ3) is 3.69. The van der Waals surface area contributed by atoms with Crippen LogP contribution in [0.4, 0.5) is 5.69 Å². The molecule has 1 fully saturated rings. The molecule has 0 aliphatic carbocycles. The van der Waals surface area contributed by atoms with Crippen molar-refractivity contribution < 1.29 is 13.2 Å². The number of carbonyl (C=O) groups is 1. The second kappa shape index (κ2) is 6.41. The number of rotatable bonds is 4. The number of hydrogen-bond donors (Lipinski definition) is 1. The molecule has 22 heavy (non-hydrogen) atoms. The van der Waals surface area contributed by atoms with Crippen LogP contribution in [0.25, 0.3) is 0 Å². The Hall–Kier alpha value is -1.36. The van der Waals surface area contributed by atoms with Gasteiger partial charge >= 0.3 is 0 Å². The molecule has 122 valence electrons. The molecule has 1 amide bonds. The molecule has 0 radical (unpaired) electrons. The lowest BCUT2D eigenvalue weighted by Crippen LogP contribution is -2.25. The summed E-state index contributed by atoms with van der Waals surface area (Å²) in [4.78, 5) is 12.5. The van der Waals surface area contributed by atoms with E-state index in [1.807, 2.05) is 18.2 Å². The quantitative estimate of drug-likeness (QED) is 0.924. The first-order valence-corrected chi connectivity index (χ1v) is 9.67. The Morgan fingerprint density at radius 1 is 1.14 bits per heavy atom. The van der Waals surface area contributed by atoms with Gasteiger partial charge in [0.05, 0.1) is 17.4 Å². The second-order valence-corrected chi connectivity index (χ2v) is 8.94. The van der Waals surface area contributed by atoms with Crippen molar-refractivity contribution in [3.63, 3.8) is 0 Å². The average molecular weight is 323 g/mol. The van der Waals surface area contributed by atoms with Crippen molar-refractivity contribution in [1.82, 2.24) is 0 Å².